The van der Waals surface area contributed by atoms with Gasteiger partial charge in [0.2, 0.25) is 0 Å². The molecule has 0 aliphatic carbocycles. The Hall–Kier alpha value is -1.77. The molecule has 0 radical (unpaired) electrons. The van der Waals surface area contributed by atoms with Gasteiger partial charge in [-0.3, -0.25) is 4.98 Å². The van der Waals surface area contributed by atoms with E-state index in [0.29, 0.717) is 5.92 Å². The number of hydrogen-bond acceptors (Lipinski definition) is 3. The van der Waals surface area contributed by atoms with Crippen LogP contribution < -0.4 is 11.1 Å². The number of anilines is 2. The lowest BCUT2D eigenvalue weighted by Gasteiger charge is -2.16. The molecule has 0 fully saturated rings. The van der Waals surface area contributed by atoms with Crippen molar-refractivity contribution >= 4 is 22.1 Å². The normalized spacial score (nSPS) is 11.1. The Balaban J connectivity index is 2.26. The summed E-state index contributed by atoms with van der Waals surface area (Å²) in [4.78, 5) is 4.19. The van der Waals surface area contributed by atoms with E-state index in [9.17, 15) is 0 Å². The lowest BCUT2D eigenvalue weighted by atomic mass is 10.0. The quantitative estimate of drug-likeness (QED) is 0.788. The maximum atomic E-state index is 5.98. The third kappa shape index (κ3) is 2.55. The van der Waals surface area contributed by atoms with Crippen LogP contribution in [-0.2, 0) is 0 Å². The Kier molecular flexibility index (Phi) is 4.03. The van der Waals surface area contributed by atoms with E-state index in [0.717, 1.165) is 28.7 Å². The first-order valence-corrected chi connectivity index (χ1v) is 6.62. The van der Waals surface area contributed by atoms with E-state index in [-0.39, 0.29) is 0 Å². The summed E-state index contributed by atoms with van der Waals surface area (Å²) in [5.41, 5.74) is 7.91. The molecule has 96 valence electrons. The van der Waals surface area contributed by atoms with Crippen LogP contribution in [0.3, 0.4) is 0 Å². The number of fused-ring (bicyclic) bond motifs is 1. The largest absolute Gasteiger partial charge is 0.398 e. The van der Waals surface area contributed by atoms with Crippen molar-refractivity contribution < 1.29 is 0 Å². The number of nitrogens with one attached hydrogen (secondary N) is 1. The zero-order valence-electron chi connectivity index (χ0n) is 11.1. The summed E-state index contributed by atoms with van der Waals surface area (Å²) in [6.45, 7) is 5.47. The SMILES string of the molecule is CCC(CC)CNc1ccc(N)c2ccncc12. The van der Waals surface area contributed by atoms with Gasteiger partial charge >= 0.3 is 0 Å². The van der Waals surface area contributed by atoms with Crippen molar-refractivity contribution in [2.45, 2.75) is 26.7 Å². The lowest BCUT2D eigenvalue weighted by Crippen LogP contribution is -2.13. The fourth-order valence-electron chi connectivity index (χ4n) is 2.20. The molecular formula is C15H21N3. The van der Waals surface area contributed by atoms with Gasteiger partial charge in [-0.05, 0) is 24.1 Å². The minimum atomic E-state index is 0.717. The van der Waals surface area contributed by atoms with Crippen LogP contribution in [0.1, 0.15) is 26.7 Å². The van der Waals surface area contributed by atoms with Gasteiger partial charge in [0.15, 0.2) is 0 Å². The second-order valence-electron chi connectivity index (χ2n) is 4.69. The fraction of sp³-hybridized carbons (Fsp3) is 0.400. The van der Waals surface area contributed by atoms with Crippen molar-refractivity contribution in [2.75, 3.05) is 17.6 Å². The van der Waals surface area contributed by atoms with Crippen LogP contribution in [0.15, 0.2) is 30.6 Å². The number of pyridine rings is 1. The summed E-state index contributed by atoms with van der Waals surface area (Å²) >= 11 is 0. The van der Waals surface area contributed by atoms with Crippen molar-refractivity contribution in [1.82, 2.24) is 4.98 Å². The molecule has 18 heavy (non-hydrogen) atoms. The molecule has 1 aromatic carbocycles. The Labute approximate surface area is 108 Å². The van der Waals surface area contributed by atoms with Crippen LogP contribution >= 0.6 is 0 Å². The molecule has 1 aromatic heterocycles. The molecule has 0 saturated carbocycles. The van der Waals surface area contributed by atoms with E-state index in [2.05, 4.69) is 24.1 Å². The van der Waals surface area contributed by atoms with Crippen molar-refractivity contribution in [2.24, 2.45) is 5.92 Å². The molecular weight excluding hydrogens is 222 g/mol. The van der Waals surface area contributed by atoms with Crippen LogP contribution in [0.25, 0.3) is 10.8 Å². The fourth-order valence-corrected chi connectivity index (χ4v) is 2.20. The highest BCUT2D eigenvalue weighted by atomic mass is 14.9. The summed E-state index contributed by atoms with van der Waals surface area (Å²) in [5, 5.41) is 5.69. The van der Waals surface area contributed by atoms with E-state index in [4.69, 9.17) is 5.73 Å². The second kappa shape index (κ2) is 5.71. The van der Waals surface area contributed by atoms with Gasteiger partial charge in [0.25, 0.3) is 0 Å². The van der Waals surface area contributed by atoms with Crippen LogP contribution in [0.2, 0.25) is 0 Å². The van der Waals surface area contributed by atoms with E-state index < -0.39 is 0 Å². The summed E-state index contributed by atoms with van der Waals surface area (Å²) < 4.78 is 0. The van der Waals surface area contributed by atoms with Gasteiger partial charge in [0.1, 0.15) is 0 Å². The monoisotopic (exact) mass is 243 g/mol. The average molecular weight is 243 g/mol. The Morgan fingerprint density at radius 3 is 2.67 bits per heavy atom. The predicted octanol–water partition coefficient (Wildman–Crippen LogP) is 3.67. The van der Waals surface area contributed by atoms with Gasteiger partial charge in [-0.15, -0.1) is 0 Å². The van der Waals surface area contributed by atoms with E-state index in [1.54, 1.807) is 6.20 Å². The minimum absolute atomic E-state index is 0.717. The number of nitrogens with zero attached hydrogens (tertiary/aromatic N) is 1. The first-order valence-electron chi connectivity index (χ1n) is 6.62. The average Bonchev–Trinajstić information content (AvgIpc) is 2.42. The van der Waals surface area contributed by atoms with E-state index in [1.165, 1.54) is 12.8 Å². The predicted molar refractivity (Wildman–Crippen MR) is 78.7 cm³/mol. The molecule has 3 N–H and O–H groups in total. The number of nitrogen functional groups attached to an aromatic ring is 1. The summed E-state index contributed by atoms with van der Waals surface area (Å²) in [6.07, 6.45) is 6.06. The Morgan fingerprint density at radius 1 is 1.17 bits per heavy atom. The number of benzene rings is 1. The topological polar surface area (TPSA) is 50.9 Å². The highest BCUT2D eigenvalue weighted by molar-refractivity contribution is 6.00. The van der Waals surface area contributed by atoms with Gasteiger partial charge in [0, 0.05) is 41.1 Å². The van der Waals surface area contributed by atoms with Crippen molar-refractivity contribution in [1.29, 1.82) is 0 Å². The van der Waals surface area contributed by atoms with Gasteiger partial charge < -0.3 is 11.1 Å². The lowest BCUT2D eigenvalue weighted by molar-refractivity contribution is 0.519. The summed E-state index contributed by atoms with van der Waals surface area (Å²) in [7, 11) is 0. The number of rotatable bonds is 5. The third-order valence-electron chi connectivity index (χ3n) is 3.59. The summed E-state index contributed by atoms with van der Waals surface area (Å²) in [5.74, 6) is 0.717. The number of hydrogen-bond donors (Lipinski definition) is 2. The zero-order valence-corrected chi connectivity index (χ0v) is 11.1. The van der Waals surface area contributed by atoms with Gasteiger partial charge in [-0.1, -0.05) is 26.7 Å². The number of aromatic nitrogens is 1. The van der Waals surface area contributed by atoms with Gasteiger partial charge in [-0.2, -0.15) is 0 Å². The standard InChI is InChI=1S/C15H21N3/c1-3-11(4-2)9-18-15-6-5-14(16)12-7-8-17-10-13(12)15/h5-8,10-11,18H,3-4,9,16H2,1-2H3. The third-order valence-corrected chi connectivity index (χ3v) is 3.59. The highest BCUT2D eigenvalue weighted by Gasteiger charge is 2.06. The maximum Gasteiger partial charge on any atom is 0.0437 e. The second-order valence-corrected chi connectivity index (χ2v) is 4.69. The van der Waals surface area contributed by atoms with Crippen LogP contribution in [-0.4, -0.2) is 11.5 Å². The van der Waals surface area contributed by atoms with Gasteiger partial charge in [-0.25, -0.2) is 0 Å². The minimum Gasteiger partial charge on any atom is -0.398 e. The molecule has 3 nitrogen and oxygen atoms in total. The smallest absolute Gasteiger partial charge is 0.0437 e. The van der Waals surface area contributed by atoms with E-state index >= 15 is 0 Å². The van der Waals surface area contributed by atoms with Crippen LogP contribution in [0.4, 0.5) is 11.4 Å². The maximum absolute atomic E-state index is 5.98. The molecule has 2 aromatic rings. The molecule has 0 unspecified atom stereocenters. The molecule has 0 amide bonds. The molecule has 0 aliphatic heterocycles. The molecule has 0 aliphatic rings. The number of nitrogens with two attached hydrogens (primary N) is 1. The highest BCUT2D eigenvalue weighted by Crippen LogP contribution is 2.27. The zero-order chi connectivity index (χ0) is 13.0. The van der Waals surface area contributed by atoms with E-state index in [1.807, 2.05) is 24.4 Å². The molecule has 0 spiro atoms. The Bertz CT molecular complexity index is 518. The van der Waals surface area contributed by atoms with Crippen LogP contribution in [0.5, 0.6) is 0 Å². The molecule has 1 heterocycles. The van der Waals surface area contributed by atoms with Crippen molar-refractivity contribution in [3.63, 3.8) is 0 Å². The Morgan fingerprint density at radius 2 is 1.94 bits per heavy atom. The molecule has 2 rings (SSSR count). The summed E-state index contributed by atoms with van der Waals surface area (Å²) in [6, 6.07) is 5.96. The molecule has 0 saturated heterocycles. The van der Waals surface area contributed by atoms with Crippen LogP contribution in [0, 0.1) is 5.92 Å². The van der Waals surface area contributed by atoms with Gasteiger partial charge in [0.05, 0.1) is 0 Å². The first kappa shape index (κ1) is 12.7. The molecule has 0 bridgehead atoms. The molecule has 0 atom stereocenters. The molecule has 3 heteroatoms. The van der Waals surface area contributed by atoms with Crippen molar-refractivity contribution in [3.05, 3.63) is 30.6 Å². The first-order chi connectivity index (χ1) is 8.76. The van der Waals surface area contributed by atoms with Crippen molar-refractivity contribution in [3.8, 4) is 0 Å².